The van der Waals surface area contributed by atoms with Gasteiger partial charge in [0.05, 0.1) is 17.8 Å². The highest BCUT2D eigenvalue weighted by atomic mass is 16.1. The highest BCUT2D eigenvalue weighted by Gasteiger charge is 2.30. The van der Waals surface area contributed by atoms with Gasteiger partial charge in [-0.2, -0.15) is 10.4 Å². The summed E-state index contributed by atoms with van der Waals surface area (Å²) in [6, 6.07) is 9.70. The van der Waals surface area contributed by atoms with E-state index in [4.69, 9.17) is 5.26 Å². The standard InChI is InChI=1S/C16H16N4O/c1-10(2)20-16-14(9-18-20)13(7-15(21)19-16)12-5-3-11(8-17)4-6-12/h3-6,9-10,13H,7H2,1-2H3,(H,19,21)/t13-/m0/s1. The van der Waals surface area contributed by atoms with Crippen LogP contribution in [-0.4, -0.2) is 15.7 Å². The third kappa shape index (κ3) is 2.29. The number of aromatic nitrogens is 2. The first kappa shape index (κ1) is 13.4. The highest BCUT2D eigenvalue weighted by molar-refractivity contribution is 5.94. The lowest BCUT2D eigenvalue weighted by atomic mass is 9.87. The summed E-state index contributed by atoms with van der Waals surface area (Å²) in [5.41, 5.74) is 2.69. The maximum absolute atomic E-state index is 12.0. The Balaban J connectivity index is 2.05. The Bertz CT molecular complexity index is 722. The summed E-state index contributed by atoms with van der Waals surface area (Å²) >= 11 is 0. The molecular weight excluding hydrogens is 264 g/mol. The molecular formula is C16H16N4O. The predicted molar refractivity (Wildman–Crippen MR) is 78.9 cm³/mol. The van der Waals surface area contributed by atoms with Crippen molar-refractivity contribution in [3.05, 3.63) is 47.2 Å². The van der Waals surface area contributed by atoms with Gasteiger partial charge in [0, 0.05) is 23.9 Å². The molecule has 1 aliphatic heterocycles. The van der Waals surface area contributed by atoms with Gasteiger partial charge >= 0.3 is 0 Å². The van der Waals surface area contributed by atoms with E-state index in [1.165, 1.54) is 0 Å². The molecule has 0 radical (unpaired) electrons. The molecule has 0 saturated carbocycles. The van der Waals surface area contributed by atoms with Gasteiger partial charge in [0.2, 0.25) is 5.91 Å². The fourth-order valence-electron chi connectivity index (χ4n) is 2.72. The topological polar surface area (TPSA) is 70.7 Å². The van der Waals surface area contributed by atoms with E-state index >= 15 is 0 Å². The van der Waals surface area contributed by atoms with Crippen LogP contribution < -0.4 is 5.32 Å². The number of hydrogen-bond donors (Lipinski definition) is 1. The highest BCUT2D eigenvalue weighted by Crippen LogP contribution is 2.37. The quantitative estimate of drug-likeness (QED) is 0.919. The minimum Gasteiger partial charge on any atom is -0.311 e. The molecule has 1 aromatic heterocycles. The van der Waals surface area contributed by atoms with Gasteiger partial charge in [-0.1, -0.05) is 12.1 Å². The van der Waals surface area contributed by atoms with Crippen molar-refractivity contribution in [1.29, 1.82) is 5.26 Å². The van der Waals surface area contributed by atoms with Crippen molar-refractivity contribution in [1.82, 2.24) is 9.78 Å². The van der Waals surface area contributed by atoms with E-state index in [0.717, 1.165) is 16.9 Å². The molecule has 1 N–H and O–H groups in total. The van der Waals surface area contributed by atoms with Crippen molar-refractivity contribution < 1.29 is 4.79 Å². The average Bonchev–Trinajstić information content (AvgIpc) is 2.90. The SMILES string of the molecule is CC(C)n1ncc2c1NC(=O)C[C@H]2c1ccc(C#N)cc1. The molecule has 1 atom stereocenters. The lowest BCUT2D eigenvalue weighted by Gasteiger charge is -2.24. The molecule has 1 aliphatic rings. The number of anilines is 1. The van der Waals surface area contributed by atoms with Gasteiger partial charge in [-0.25, -0.2) is 4.68 Å². The maximum Gasteiger partial charge on any atom is 0.226 e. The number of fused-ring (bicyclic) bond motifs is 1. The van der Waals surface area contributed by atoms with Crippen LogP contribution in [0.15, 0.2) is 30.5 Å². The maximum atomic E-state index is 12.0. The van der Waals surface area contributed by atoms with Crippen molar-refractivity contribution in [2.45, 2.75) is 32.2 Å². The third-order valence-electron chi connectivity index (χ3n) is 3.78. The number of nitrogens with one attached hydrogen (secondary N) is 1. The average molecular weight is 280 g/mol. The minimum absolute atomic E-state index is 0.000685. The first-order chi connectivity index (χ1) is 10.1. The van der Waals surface area contributed by atoms with Crippen LogP contribution in [0.4, 0.5) is 5.82 Å². The van der Waals surface area contributed by atoms with Crippen LogP contribution in [0.5, 0.6) is 0 Å². The second-order valence-electron chi connectivity index (χ2n) is 5.53. The van der Waals surface area contributed by atoms with Gasteiger partial charge < -0.3 is 5.32 Å². The van der Waals surface area contributed by atoms with Crippen molar-refractivity contribution >= 4 is 11.7 Å². The Morgan fingerprint density at radius 1 is 1.38 bits per heavy atom. The first-order valence-corrected chi connectivity index (χ1v) is 6.97. The van der Waals surface area contributed by atoms with E-state index in [1.807, 2.05) is 36.9 Å². The Kier molecular flexibility index (Phi) is 3.22. The molecule has 5 nitrogen and oxygen atoms in total. The Hall–Kier alpha value is -2.61. The monoisotopic (exact) mass is 280 g/mol. The molecule has 0 bridgehead atoms. The lowest BCUT2D eigenvalue weighted by molar-refractivity contribution is -0.116. The molecule has 21 heavy (non-hydrogen) atoms. The fraction of sp³-hybridized carbons (Fsp3) is 0.312. The van der Waals surface area contributed by atoms with Gasteiger partial charge in [0.15, 0.2) is 0 Å². The van der Waals surface area contributed by atoms with Crippen LogP contribution in [0, 0.1) is 11.3 Å². The van der Waals surface area contributed by atoms with Crippen molar-refractivity contribution in [3.63, 3.8) is 0 Å². The second kappa shape index (κ2) is 5.06. The molecule has 2 heterocycles. The molecule has 5 heteroatoms. The van der Waals surface area contributed by atoms with E-state index in [0.29, 0.717) is 12.0 Å². The molecule has 106 valence electrons. The van der Waals surface area contributed by atoms with E-state index < -0.39 is 0 Å². The van der Waals surface area contributed by atoms with Gasteiger partial charge in [0.25, 0.3) is 0 Å². The molecule has 3 rings (SSSR count). The summed E-state index contributed by atoms with van der Waals surface area (Å²) in [4.78, 5) is 12.0. The number of nitriles is 1. The largest absolute Gasteiger partial charge is 0.311 e. The van der Waals surface area contributed by atoms with Crippen LogP contribution in [0.2, 0.25) is 0 Å². The molecule has 1 amide bonds. The summed E-state index contributed by atoms with van der Waals surface area (Å²) in [6.07, 6.45) is 2.24. The zero-order chi connectivity index (χ0) is 15.0. The van der Waals surface area contributed by atoms with Crippen molar-refractivity contribution in [3.8, 4) is 6.07 Å². The van der Waals surface area contributed by atoms with Crippen LogP contribution in [0.1, 0.15) is 48.9 Å². The fourth-order valence-corrected chi connectivity index (χ4v) is 2.72. The number of carbonyl (C=O) groups excluding carboxylic acids is 1. The van der Waals surface area contributed by atoms with Crippen LogP contribution in [0.25, 0.3) is 0 Å². The number of benzene rings is 1. The minimum atomic E-state index is -0.00556. The van der Waals surface area contributed by atoms with Gasteiger partial charge in [-0.05, 0) is 31.5 Å². The third-order valence-corrected chi connectivity index (χ3v) is 3.78. The van der Waals surface area contributed by atoms with E-state index in [1.54, 1.807) is 12.1 Å². The van der Waals surface area contributed by atoms with Crippen LogP contribution in [-0.2, 0) is 4.79 Å². The van der Waals surface area contributed by atoms with Crippen molar-refractivity contribution in [2.75, 3.05) is 5.32 Å². The Labute approximate surface area is 123 Å². The summed E-state index contributed by atoms with van der Waals surface area (Å²) in [6.45, 7) is 4.07. The molecule has 0 fully saturated rings. The van der Waals surface area contributed by atoms with E-state index in [-0.39, 0.29) is 17.9 Å². The molecule has 0 unspecified atom stereocenters. The summed E-state index contributed by atoms with van der Waals surface area (Å²) in [7, 11) is 0. The Morgan fingerprint density at radius 3 is 2.71 bits per heavy atom. The number of carbonyl (C=O) groups is 1. The lowest BCUT2D eigenvalue weighted by Crippen LogP contribution is -2.25. The summed E-state index contributed by atoms with van der Waals surface area (Å²) < 4.78 is 1.84. The zero-order valence-corrected chi connectivity index (χ0v) is 12.0. The smallest absolute Gasteiger partial charge is 0.226 e. The predicted octanol–water partition coefficient (Wildman–Crippen LogP) is 2.81. The first-order valence-electron chi connectivity index (χ1n) is 6.97. The number of nitrogens with zero attached hydrogens (tertiary/aromatic N) is 3. The number of hydrogen-bond acceptors (Lipinski definition) is 3. The molecule has 0 saturated heterocycles. The van der Waals surface area contributed by atoms with E-state index in [2.05, 4.69) is 16.5 Å². The number of amides is 1. The molecule has 1 aromatic carbocycles. The van der Waals surface area contributed by atoms with Gasteiger partial charge in [-0.15, -0.1) is 0 Å². The summed E-state index contributed by atoms with van der Waals surface area (Å²) in [5.74, 6) is 0.781. The van der Waals surface area contributed by atoms with Gasteiger partial charge in [-0.3, -0.25) is 4.79 Å². The summed E-state index contributed by atoms with van der Waals surface area (Å²) in [5, 5.41) is 16.2. The Morgan fingerprint density at radius 2 is 2.10 bits per heavy atom. The molecule has 0 aliphatic carbocycles. The van der Waals surface area contributed by atoms with Crippen LogP contribution >= 0.6 is 0 Å². The number of rotatable bonds is 2. The molecule has 0 spiro atoms. The van der Waals surface area contributed by atoms with Gasteiger partial charge in [0.1, 0.15) is 5.82 Å². The van der Waals surface area contributed by atoms with Crippen molar-refractivity contribution in [2.24, 2.45) is 0 Å². The normalized spacial score (nSPS) is 17.2. The van der Waals surface area contributed by atoms with E-state index in [9.17, 15) is 4.79 Å². The van der Waals surface area contributed by atoms with Crippen LogP contribution in [0.3, 0.4) is 0 Å². The zero-order valence-electron chi connectivity index (χ0n) is 12.0. The molecule has 2 aromatic rings. The second-order valence-corrected chi connectivity index (χ2v) is 5.53.